The van der Waals surface area contributed by atoms with Gasteiger partial charge >= 0.3 is 0 Å². The van der Waals surface area contributed by atoms with Crippen molar-refractivity contribution in [1.29, 1.82) is 0 Å². The number of piperazine rings is 1. The van der Waals surface area contributed by atoms with Crippen LogP contribution >= 0.6 is 0 Å². The van der Waals surface area contributed by atoms with Gasteiger partial charge in [-0.25, -0.2) is 0 Å². The Kier molecular flexibility index (Phi) is 5.30. The minimum atomic E-state index is 0.120. The van der Waals surface area contributed by atoms with Crippen molar-refractivity contribution in [1.82, 2.24) is 10.2 Å². The zero-order valence-electron chi connectivity index (χ0n) is 15.6. The molecule has 2 aromatic carbocycles. The lowest BCUT2D eigenvalue weighted by atomic mass is 9.88. The van der Waals surface area contributed by atoms with Crippen LogP contribution in [0.25, 0.3) is 0 Å². The minimum absolute atomic E-state index is 0.120. The second kappa shape index (κ2) is 8.01. The number of anilines is 1. The van der Waals surface area contributed by atoms with Gasteiger partial charge < -0.3 is 15.3 Å². The Morgan fingerprint density at radius 3 is 2.56 bits per heavy atom. The number of phenols is 1. The van der Waals surface area contributed by atoms with Crippen LogP contribution in [0.2, 0.25) is 0 Å². The van der Waals surface area contributed by atoms with Gasteiger partial charge in [0.2, 0.25) is 5.91 Å². The number of amides is 1. The molecule has 1 atom stereocenters. The number of hydrogen-bond acceptors (Lipinski definition) is 4. The first kappa shape index (κ1) is 17.9. The number of benzene rings is 2. The summed E-state index contributed by atoms with van der Waals surface area (Å²) in [7, 11) is 0. The maximum Gasteiger partial charge on any atom is 0.234 e. The van der Waals surface area contributed by atoms with Crippen LogP contribution in [0, 0.1) is 0 Å². The molecule has 1 aliphatic carbocycles. The number of fused-ring (bicyclic) bond motifs is 1. The highest BCUT2D eigenvalue weighted by molar-refractivity contribution is 5.78. The number of hydrogen-bond donors (Lipinski definition) is 2. The average Bonchev–Trinajstić information content (AvgIpc) is 2.69. The number of carbonyl (C=O) groups is 1. The summed E-state index contributed by atoms with van der Waals surface area (Å²) >= 11 is 0. The summed E-state index contributed by atoms with van der Waals surface area (Å²) in [6, 6.07) is 15.9. The molecular formula is C22H27N3O2. The predicted molar refractivity (Wildman–Crippen MR) is 107 cm³/mol. The van der Waals surface area contributed by atoms with Gasteiger partial charge in [-0.1, -0.05) is 24.3 Å². The van der Waals surface area contributed by atoms with Crippen molar-refractivity contribution in [3.63, 3.8) is 0 Å². The molecule has 1 amide bonds. The zero-order valence-corrected chi connectivity index (χ0v) is 15.6. The van der Waals surface area contributed by atoms with E-state index in [0.29, 0.717) is 12.3 Å². The Bertz CT molecular complexity index is 782. The Balaban J connectivity index is 1.28. The summed E-state index contributed by atoms with van der Waals surface area (Å²) in [6.45, 7) is 3.99. The van der Waals surface area contributed by atoms with Crippen LogP contribution in [0.1, 0.15) is 30.0 Å². The standard InChI is InChI=1S/C22H27N3O2/c26-19-10-8-18(9-11-19)25-14-12-24(13-15-25)16-22(27)23-21-7-3-5-17-4-1-2-6-20(17)21/h1-2,4,6,8-11,21,26H,3,5,7,12-16H2,(H,23,27)/t21-/m1/s1. The fourth-order valence-corrected chi connectivity index (χ4v) is 4.17. The third-order valence-electron chi connectivity index (χ3n) is 5.66. The molecule has 2 N–H and O–H groups in total. The van der Waals surface area contributed by atoms with Crippen molar-refractivity contribution in [3.05, 3.63) is 59.7 Å². The Labute approximate surface area is 160 Å². The van der Waals surface area contributed by atoms with Crippen LogP contribution in [0.4, 0.5) is 5.69 Å². The molecule has 1 heterocycles. The summed E-state index contributed by atoms with van der Waals surface area (Å²) in [5, 5.41) is 12.7. The fourth-order valence-electron chi connectivity index (χ4n) is 4.17. The lowest BCUT2D eigenvalue weighted by Gasteiger charge is -2.36. The molecule has 0 aromatic heterocycles. The molecule has 1 fully saturated rings. The lowest BCUT2D eigenvalue weighted by Crippen LogP contribution is -2.50. The van der Waals surface area contributed by atoms with E-state index in [2.05, 4.69) is 39.4 Å². The predicted octanol–water partition coefficient (Wildman–Crippen LogP) is 2.71. The number of nitrogens with zero attached hydrogens (tertiary/aromatic N) is 2. The van der Waals surface area contributed by atoms with E-state index in [-0.39, 0.29) is 11.9 Å². The van der Waals surface area contributed by atoms with Crippen molar-refractivity contribution in [2.24, 2.45) is 0 Å². The number of aryl methyl sites for hydroxylation is 1. The van der Waals surface area contributed by atoms with Gasteiger partial charge in [-0.15, -0.1) is 0 Å². The third kappa shape index (κ3) is 4.25. The van der Waals surface area contributed by atoms with Gasteiger partial charge in [0.05, 0.1) is 12.6 Å². The third-order valence-corrected chi connectivity index (χ3v) is 5.66. The molecule has 0 bridgehead atoms. The molecule has 4 rings (SSSR count). The first-order chi connectivity index (χ1) is 13.2. The van der Waals surface area contributed by atoms with E-state index in [0.717, 1.165) is 51.1 Å². The quantitative estimate of drug-likeness (QED) is 0.875. The van der Waals surface area contributed by atoms with Gasteiger partial charge in [0, 0.05) is 31.9 Å². The molecule has 5 nitrogen and oxygen atoms in total. The largest absolute Gasteiger partial charge is 0.508 e. The van der Waals surface area contributed by atoms with Crippen LogP contribution in [-0.2, 0) is 11.2 Å². The molecule has 0 unspecified atom stereocenters. The summed E-state index contributed by atoms with van der Waals surface area (Å²) in [5.74, 6) is 0.410. The molecule has 0 saturated carbocycles. The topological polar surface area (TPSA) is 55.8 Å². The second-order valence-electron chi connectivity index (χ2n) is 7.49. The molecule has 2 aromatic rings. The summed E-state index contributed by atoms with van der Waals surface area (Å²) in [6.07, 6.45) is 3.27. The molecule has 2 aliphatic rings. The maximum absolute atomic E-state index is 12.6. The van der Waals surface area contributed by atoms with E-state index in [1.807, 2.05) is 12.1 Å². The normalized spacial score (nSPS) is 20.1. The highest BCUT2D eigenvalue weighted by atomic mass is 16.3. The molecule has 1 aliphatic heterocycles. The highest BCUT2D eigenvalue weighted by Gasteiger charge is 2.23. The second-order valence-corrected chi connectivity index (χ2v) is 7.49. The van der Waals surface area contributed by atoms with E-state index >= 15 is 0 Å². The van der Waals surface area contributed by atoms with Crippen molar-refractivity contribution >= 4 is 11.6 Å². The van der Waals surface area contributed by atoms with Crippen LogP contribution in [0.3, 0.4) is 0 Å². The van der Waals surface area contributed by atoms with Gasteiger partial charge in [0.1, 0.15) is 5.75 Å². The minimum Gasteiger partial charge on any atom is -0.508 e. The molecule has 0 spiro atoms. The monoisotopic (exact) mass is 365 g/mol. The fraction of sp³-hybridized carbons (Fsp3) is 0.409. The number of rotatable bonds is 4. The van der Waals surface area contributed by atoms with Crippen LogP contribution < -0.4 is 10.2 Å². The maximum atomic E-state index is 12.6. The molecule has 0 radical (unpaired) electrons. The Hall–Kier alpha value is -2.53. The van der Waals surface area contributed by atoms with E-state index in [4.69, 9.17) is 0 Å². The van der Waals surface area contributed by atoms with Crippen molar-refractivity contribution in [2.45, 2.75) is 25.3 Å². The number of carbonyl (C=O) groups excluding carboxylic acids is 1. The number of aromatic hydroxyl groups is 1. The smallest absolute Gasteiger partial charge is 0.234 e. The zero-order chi connectivity index (χ0) is 18.6. The van der Waals surface area contributed by atoms with E-state index in [1.165, 1.54) is 11.1 Å². The van der Waals surface area contributed by atoms with Crippen LogP contribution in [-0.4, -0.2) is 48.6 Å². The summed E-state index contributed by atoms with van der Waals surface area (Å²) in [4.78, 5) is 17.1. The molecule has 1 saturated heterocycles. The van der Waals surface area contributed by atoms with Crippen molar-refractivity contribution in [3.8, 4) is 5.75 Å². The Morgan fingerprint density at radius 1 is 1.04 bits per heavy atom. The summed E-state index contributed by atoms with van der Waals surface area (Å²) in [5.41, 5.74) is 3.78. The van der Waals surface area contributed by atoms with E-state index in [9.17, 15) is 9.90 Å². The van der Waals surface area contributed by atoms with Gasteiger partial charge in [-0.05, 0) is 54.7 Å². The van der Waals surface area contributed by atoms with Gasteiger partial charge in [0.25, 0.3) is 0 Å². The van der Waals surface area contributed by atoms with E-state index < -0.39 is 0 Å². The van der Waals surface area contributed by atoms with Crippen molar-refractivity contribution in [2.75, 3.05) is 37.6 Å². The van der Waals surface area contributed by atoms with Crippen LogP contribution in [0.15, 0.2) is 48.5 Å². The molecule has 142 valence electrons. The first-order valence-corrected chi connectivity index (χ1v) is 9.82. The number of phenolic OH excluding ortho intramolecular Hbond substituents is 1. The summed E-state index contributed by atoms with van der Waals surface area (Å²) < 4.78 is 0. The van der Waals surface area contributed by atoms with E-state index in [1.54, 1.807) is 12.1 Å². The molecular weight excluding hydrogens is 338 g/mol. The van der Waals surface area contributed by atoms with Gasteiger partial charge in [-0.3, -0.25) is 9.69 Å². The number of nitrogens with one attached hydrogen (secondary N) is 1. The SMILES string of the molecule is O=C(CN1CCN(c2ccc(O)cc2)CC1)N[C@@H]1CCCc2ccccc21. The lowest BCUT2D eigenvalue weighted by molar-refractivity contribution is -0.123. The molecule has 5 heteroatoms. The highest BCUT2D eigenvalue weighted by Crippen LogP contribution is 2.29. The van der Waals surface area contributed by atoms with Crippen molar-refractivity contribution < 1.29 is 9.90 Å². The van der Waals surface area contributed by atoms with Gasteiger partial charge in [0.15, 0.2) is 0 Å². The Morgan fingerprint density at radius 2 is 1.78 bits per heavy atom. The first-order valence-electron chi connectivity index (χ1n) is 9.82. The van der Waals surface area contributed by atoms with Gasteiger partial charge in [-0.2, -0.15) is 0 Å². The molecule has 27 heavy (non-hydrogen) atoms. The average molecular weight is 365 g/mol. The van der Waals surface area contributed by atoms with Crippen LogP contribution in [0.5, 0.6) is 5.75 Å².